The first-order chi connectivity index (χ1) is 10.2. The van der Waals surface area contributed by atoms with Gasteiger partial charge in [0.2, 0.25) is 0 Å². The molecule has 0 saturated carbocycles. The summed E-state index contributed by atoms with van der Waals surface area (Å²) in [6.07, 6.45) is 0.333. The first kappa shape index (κ1) is 18.7. The van der Waals surface area contributed by atoms with E-state index in [0.717, 1.165) is 12.0 Å². The largest absolute Gasteiger partial charge is 0.444 e. The Morgan fingerprint density at radius 2 is 2.09 bits per heavy atom. The molecular weight excluding hydrogens is 307 g/mol. The van der Waals surface area contributed by atoms with E-state index in [1.54, 1.807) is 6.07 Å². The fourth-order valence-electron chi connectivity index (χ4n) is 1.81. The Balaban J connectivity index is 2.40. The standard InChI is InChI=1S/C16H24ClFN2O2/c1-5-12(20-15(21)22-16(2,3)4)10-19-9-11-6-7-13(17)14(18)8-11/h6-8,12,19H,5,9-10H2,1-4H3,(H,20,21). The van der Waals surface area contributed by atoms with E-state index in [2.05, 4.69) is 10.6 Å². The molecule has 0 aromatic heterocycles. The number of nitrogens with one attached hydrogen (secondary N) is 2. The number of hydrogen-bond acceptors (Lipinski definition) is 3. The molecule has 0 saturated heterocycles. The maximum atomic E-state index is 13.3. The van der Waals surface area contributed by atoms with Crippen LogP contribution in [0.25, 0.3) is 0 Å². The number of benzene rings is 1. The molecule has 6 heteroatoms. The van der Waals surface area contributed by atoms with Crippen molar-refractivity contribution in [1.29, 1.82) is 0 Å². The zero-order valence-electron chi connectivity index (χ0n) is 13.5. The molecule has 0 radical (unpaired) electrons. The second-order valence-corrected chi connectivity index (χ2v) is 6.54. The van der Waals surface area contributed by atoms with Crippen molar-refractivity contribution in [3.63, 3.8) is 0 Å². The fraction of sp³-hybridized carbons (Fsp3) is 0.562. The van der Waals surface area contributed by atoms with E-state index in [4.69, 9.17) is 16.3 Å². The van der Waals surface area contributed by atoms with E-state index >= 15 is 0 Å². The van der Waals surface area contributed by atoms with Gasteiger partial charge in [0.05, 0.1) is 5.02 Å². The van der Waals surface area contributed by atoms with Crippen LogP contribution in [0.4, 0.5) is 9.18 Å². The highest BCUT2D eigenvalue weighted by atomic mass is 35.5. The lowest BCUT2D eigenvalue weighted by atomic mass is 10.2. The molecule has 0 spiro atoms. The van der Waals surface area contributed by atoms with Gasteiger partial charge in [-0.1, -0.05) is 24.6 Å². The molecule has 1 rings (SSSR count). The Bertz CT molecular complexity index is 503. The maximum absolute atomic E-state index is 13.3. The summed E-state index contributed by atoms with van der Waals surface area (Å²) in [7, 11) is 0. The highest BCUT2D eigenvalue weighted by molar-refractivity contribution is 6.30. The minimum Gasteiger partial charge on any atom is -0.444 e. The lowest BCUT2D eigenvalue weighted by Crippen LogP contribution is -2.43. The van der Waals surface area contributed by atoms with Gasteiger partial charge < -0.3 is 15.4 Å². The van der Waals surface area contributed by atoms with Crippen molar-refractivity contribution in [2.75, 3.05) is 6.54 Å². The smallest absolute Gasteiger partial charge is 0.407 e. The molecule has 0 bridgehead atoms. The third-order valence-corrected chi connectivity index (χ3v) is 3.22. The summed E-state index contributed by atoms with van der Waals surface area (Å²) >= 11 is 5.64. The molecule has 1 unspecified atom stereocenters. The van der Waals surface area contributed by atoms with Gasteiger partial charge in [-0.05, 0) is 44.9 Å². The fourth-order valence-corrected chi connectivity index (χ4v) is 1.93. The second-order valence-electron chi connectivity index (χ2n) is 6.13. The van der Waals surface area contributed by atoms with E-state index in [9.17, 15) is 9.18 Å². The molecule has 1 atom stereocenters. The summed E-state index contributed by atoms with van der Waals surface area (Å²) in [6.45, 7) is 8.51. The Morgan fingerprint density at radius 3 is 2.64 bits per heavy atom. The van der Waals surface area contributed by atoms with Crippen LogP contribution in [0.3, 0.4) is 0 Å². The topological polar surface area (TPSA) is 50.4 Å². The first-order valence-electron chi connectivity index (χ1n) is 7.35. The third-order valence-electron chi connectivity index (χ3n) is 2.92. The minimum atomic E-state index is -0.517. The Morgan fingerprint density at radius 1 is 1.41 bits per heavy atom. The summed E-state index contributed by atoms with van der Waals surface area (Å²) in [5, 5.41) is 6.11. The monoisotopic (exact) mass is 330 g/mol. The summed E-state index contributed by atoms with van der Waals surface area (Å²) in [5.41, 5.74) is 0.283. The maximum Gasteiger partial charge on any atom is 0.407 e. The van der Waals surface area contributed by atoms with Crippen LogP contribution in [0.2, 0.25) is 5.02 Å². The molecule has 0 aliphatic carbocycles. The van der Waals surface area contributed by atoms with E-state index in [1.165, 1.54) is 12.1 Å². The summed E-state index contributed by atoms with van der Waals surface area (Å²) in [4.78, 5) is 11.7. The average molecular weight is 331 g/mol. The Labute approximate surface area is 136 Å². The van der Waals surface area contributed by atoms with E-state index in [0.29, 0.717) is 13.1 Å². The van der Waals surface area contributed by atoms with E-state index in [-0.39, 0.29) is 11.1 Å². The number of carbonyl (C=O) groups excluding carboxylic acids is 1. The Hall–Kier alpha value is -1.33. The zero-order valence-corrected chi connectivity index (χ0v) is 14.3. The summed E-state index contributed by atoms with van der Waals surface area (Å²) in [6, 6.07) is 4.65. The SMILES string of the molecule is CCC(CNCc1ccc(Cl)c(F)c1)NC(=O)OC(C)(C)C. The number of hydrogen-bond donors (Lipinski definition) is 2. The highest BCUT2D eigenvalue weighted by Crippen LogP contribution is 2.15. The predicted octanol–water partition coefficient (Wildman–Crippen LogP) is 3.87. The molecule has 0 fully saturated rings. The Kier molecular flexibility index (Phi) is 7.10. The predicted molar refractivity (Wildman–Crippen MR) is 86.6 cm³/mol. The van der Waals surface area contributed by atoms with Gasteiger partial charge in [-0.25, -0.2) is 9.18 Å². The van der Waals surface area contributed by atoms with Gasteiger partial charge in [-0.15, -0.1) is 0 Å². The molecule has 0 aliphatic heterocycles. The van der Waals surface area contributed by atoms with Crippen LogP contribution in [-0.4, -0.2) is 24.3 Å². The molecular formula is C16H24ClFN2O2. The number of rotatable bonds is 6. The van der Waals surface area contributed by atoms with Gasteiger partial charge >= 0.3 is 6.09 Å². The number of carbonyl (C=O) groups is 1. The lowest BCUT2D eigenvalue weighted by Gasteiger charge is -2.23. The number of alkyl carbamates (subject to hydrolysis) is 1. The molecule has 2 N–H and O–H groups in total. The molecule has 1 aromatic carbocycles. The van der Waals surface area contributed by atoms with Gasteiger partial charge in [0.1, 0.15) is 11.4 Å². The van der Waals surface area contributed by atoms with Gasteiger partial charge in [-0.2, -0.15) is 0 Å². The van der Waals surface area contributed by atoms with Crippen molar-refractivity contribution in [3.05, 3.63) is 34.6 Å². The number of amides is 1. The van der Waals surface area contributed by atoms with Crippen LogP contribution in [0, 0.1) is 5.82 Å². The molecule has 0 aliphatic rings. The van der Waals surface area contributed by atoms with Gasteiger partial charge in [-0.3, -0.25) is 0 Å². The van der Waals surface area contributed by atoms with Crippen molar-refractivity contribution in [1.82, 2.24) is 10.6 Å². The minimum absolute atomic E-state index is 0.0491. The normalized spacial score (nSPS) is 12.8. The van der Waals surface area contributed by atoms with Crippen molar-refractivity contribution in [3.8, 4) is 0 Å². The highest BCUT2D eigenvalue weighted by Gasteiger charge is 2.18. The van der Waals surface area contributed by atoms with Crippen LogP contribution in [-0.2, 0) is 11.3 Å². The number of halogens is 2. The summed E-state index contributed by atoms with van der Waals surface area (Å²) < 4.78 is 18.5. The lowest BCUT2D eigenvalue weighted by molar-refractivity contribution is 0.0502. The third kappa shape index (κ3) is 7.09. The summed E-state index contributed by atoms with van der Waals surface area (Å²) in [5.74, 6) is -0.431. The molecule has 1 aromatic rings. The molecule has 22 heavy (non-hydrogen) atoms. The van der Waals surface area contributed by atoms with Crippen molar-refractivity contribution < 1.29 is 13.9 Å². The van der Waals surface area contributed by atoms with Crippen LogP contribution >= 0.6 is 11.6 Å². The van der Waals surface area contributed by atoms with Crippen LogP contribution in [0.1, 0.15) is 39.7 Å². The number of ether oxygens (including phenoxy) is 1. The van der Waals surface area contributed by atoms with Crippen LogP contribution < -0.4 is 10.6 Å². The first-order valence-corrected chi connectivity index (χ1v) is 7.73. The molecule has 1 amide bonds. The molecule has 0 heterocycles. The second kappa shape index (κ2) is 8.34. The van der Waals surface area contributed by atoms with Gasteiger partial charge in [0, 0.05) is 19.1 Å². The molecule has 124 valence electrons. The van der Waals surface area contributed by atoms with Gasteiger partial charge in [0.25, 0.3) is 0 Å². The van der Waals surface area contributed by atoms with Crippen molar-refractivity contribution in [2.24, 2.45) is 0 Å². The van der Waals surface area contributed by atoms with Crippen molar-refractivity contribution >= 4 is 17.7 Å². The van der Waals surface area contributed by atoms with Crippen LogP contribution in [0.5, 0.6) is 0 Å². The van der Waals surface area contributed by atoms with Gasteiger partial charge in [0.15, 0.2) is 0 Å². The quantitative estimate of drug-likeness (QED) is 0.832. The molecule has 4 nitrogen and oxygen atoms in total. The average Bonchev–Trinajstić information content (AvgIpc) is 2.39. The van der Waals surface area contributed by atoms with E-state index in [1.807, 2.05) is 27.7 Å². The van der Waals surface area contributed by atoms with Crippen LogP contribution in [0.15, 0.2) is 18.2 Å². The van der Waals surface area contributed by atoms with E-state index < -0.39 is 17.5 Å². The van der Waals surface area contributed by atoms with Crippen molar-refractivity contribution in [2.45, 2.75) is 52.3 Å². The zero-order chi connectivity index (χ0) is 16.8.